The molecule has 6 heteroatoms. The summed E-state index contributed by atoms with van der Waals surface area (Å²) in [6, 6.07) is 12.5. The van der Waals surface area contributed by atoms with Crippen molar-refractivity contribution in [2.45, 2.75) is 13.0 Å². The Balaban J connectivity index is 1.88. The Kier molecular flexibility index (Phi) is 3.50. The second-order valence-electron chi connectivity index (χ2n) is 5.00. The van der Waals surface area contributed by atoms with Crippen molar-refractivity contribution in [3.05, 3.63) is 54.3 Å². The lowest BCUT2D eigenvalue weighted by atomic mass is 10.2. The van der Waals surface area contributed by atoms with Gasteiger partial charge >= 0.3 is 0 Å². The predicted molar refractivity (Wildman–Crippen MR) is 83.9 cm³/mol. The summed E-state index contributed by atoms with van der Waals surface area (Å²) in [6.07, 6.45) is 0. The van der Waals surface area contributed by atoms with Crippen LogP contribution < -0.4 is 11.1 Å². The molecule has 3 N–H and O–H groups in total. The van der Waals surface area contributed by atoms with Crippen molar-refractivity contribution in [2.24, 2.45) is 0 Å². The molecule has 3 aromatic rings. The highest BCUT2D eigenvalue weighted by molar-refractivity contribution is 5.95. The van der Waals surface area contributed by atoms with Crippen LogP contribution in [0, 0.1) is 5.82 Å². The van der Waals surface area contributed by atoms with Crippen LogP contribution in [0.15, 0.2) is 48.5 Å². The summed E-state index contributed by atoms with van der Waals surface area (Å²) >= 11 is 0. The van der Waals surface area contributed by atoms with E-state index in [1.165, 1.54) is 24.3 Å². The molecule has 22 heavy (non-hydrogen) atoms. The number of nitrogens with one attached hydrogen (secondary N) is 1. The molecule has 0 radical (unpaired) electrons. The third kappa shape index (κ3) is 2.50. The van der Waals surface area contributed by atoms with Gasteiger partial charge in [-0.2, -0.15) is 0 Å². The minimum atomic E-state index is -0.544. The lowest BCUT2D eigenvalue weighted by Crippen LogP contribution is -2.24. The molecule has 0 bridgehead atoms. The molecule has 0 saturated heterocycles. The molecule has 2 aromatic carbocycles. The zero-order valence-corrected chi connectivity index (χ0v) is 12.0. The number of fused-ring (bicyclic) bond motifs is 1. The van der Waals surface area contributed by atoms with E-state index in [0.29, 0.717) is 5.69 Å². The first kappa shape index (κ1) is 14.1. The van der Waals surface area contributed by atoms with E-state index in [1.54, 1.807) is 11.5 Å². The highest BCUT2D eigenvalue weighted by atomic mass is 19.1. The number of halogens is 1. The van der Waals surface area contributed by atoms with Gasteiger partial charge in [-0.15, -0.1) is 0 Å². The zero-order valence-electron chi connectivity index (χ0n) is 12.0. The quantitative estimate of drug-likeness (QED) is 0.780. The monoisotopic (exact) mass is 298 g/mol. The minimum Gasteiger partial charge on any atom is -0.369 e. The summed E-state index contributed by atoms with van der Waals surface area (Å²) in [5, 5.41) is 2.74. The summed E-state index contributed by atoms with van der Waals surface area (Å²) in [4.78, 5) is 16.6. The van der Waals surface area contributed by atoms with Gasteiger partial charge in [0.15, 0.2) is 0 Å². The third-order valence-corrected chi connectivity index (χ3v) is 3.50. The van der Waals surface area contributed by atoms with Crippen molar-refractivity contribution in [1.82, 2.24) is 9.55 Å². The van der Waals surface area contributed by atoms with Crippen LogP contribution in [-0.4, -0.2) is 15.5 Å². The largest absolute Gasteiger partial charge is 0.369 e. The second-order valence-corrected chi connectivity index (χ2v) is 5.00. The smallest absolute Gasteiger partial charge is 0.247 e. The number of hydrogen-bond donors (Lipinski definition) is 2. The van der Waals surface area contributed by atoms with Crippen LogP contribution in [-0.2, 0) is 4.79 Å². The van der Waals surface area contributed by atoms with Gasteiger partial charge in [-0.05, 0) is 43.3 Å². The van der Waals surface area contributed by atoms with Crippen LogP contribution in [0.3, 0.4) is 0 Å². The number of carbonyl (C=O) groups excluding carboxylic acids is 1. The lowest BCUT2D eigenvalue weighted by Gasteiger charge is -2.16. The van der Waals surface area contributed by atoms with Crippen molar-refractivity contribution < 1.29 is 9.18 Å². The van der Waals surface area contributed by atoms with Crippen molar-refractivity contribution in [3.63, 3.8) is 0 Å². The molecular weight excluding hydrogens is 283 g/mol. The van der Waals surface area contributed by atoms with Crippen molar-refractivity contribution in [1.29, 1.82) is 0 Å². The number of amides is 1. The first-order chi connectivity index (χ1) is 10.6. The standard InChI is InChI=1S/C16H15FN4O/c1-10(15(22)19-12-8-6-11(17)7-9-12)21-14-5-3-2-4-13(14)20-16(21)18/h2-10H,1H3,(H2,18,20)(H,19,22). The average molecular weight is 298 g/mol. The second kappa shape index (κ2) is 5.48. The lowest BCUT2D eigenvalue weighted by molar-refractivity contribution is -0.118. The Morgan fingerprint density at radius 2 is 1.91 bits per heavy atom. The van der Waals surface area contributed by atoms with E-state index < -0.39 is 6.04 Å². The highest BCUT2D eigenvalue weighted by Crippen LogP contribution is 2.23. The van der Waals surface area contributed by atoms with Gasteiger partial charge < -0.3 is 11.1 Å². The molecule has 0 aliphatic rings. The number of nitrogen functional groups attached to an aromatic ring is 1. The van der Waals surface area contributed by atoms with Gasteiger partial charge in [-0.1, -0.05) is 12.1 Å². The summed E-state index contributed by atoms with van der Waals surface area (Å²) in [5.41, 5.74) is 7.99. The molecule has 1 aromatic heterocycles. The van der Waals surface area contributed by atoms with Gasteiger partial charge in [0.1, 0.15) is 11.9 Å². The van der Waals surface area contributed by atoms with E-state index in [2.05, 4.69) is 10.3 Å². The molecule has 0 fully saturated rings. The molecule has 0 saturated carbocycles. The third-order valence-electron chi connectivity index (χ3n) is 3.50. The summed E-state index contributed by atoms with van der Waals surface area (Å²) in [6.45, 7) is 1.74. The number of carbonyl (C=O) groups is 1. The minimum absolute atomic E-state index is 0.249. The molecule has 5 nitrogen and oxygen atoms in total. The van der Waals surface area contributed by atoms with E-state index >= 15 is 0 Å². The fraction of sp³-hybridized carbons (Fsp3) is 0.125. The number of hydrogen-bond acceptors (Lipinski definition) is 3. The topological polar surface area (TPSA) is 72.9 Å². The summed E-state index contributed by atoms with van der Waals surface area (Å²) in [5.74, 6) is -0.319. The average Bonchev–Trinajstić information content (AvgIpc) is 2.84. The van der Waals surface area contributed by atoms with Gasteiger partial charge in [0.2, 0.25) is 11.9 Å². The van der Waals surface area contributed by atoms with Crippen molar-refractivity contribution in [3.8, 4) is 0 Å². The number of benzene rings is 2. The first-order valence-electron chi connectivity index (χ1n) is 6.85. The Morgan fingerprint density at radius 1 is 1.23 bits per heavy atom. The Morgan fingerprint density at radius 3 is 2.64 bits per heavy atom. The maximum Gasteiger partial charge on any atom is 0.247 e. The number of imidazole rings is 1. The Hall–Kier alpha value is -2.89. The molecule has 1 amide bonds. The van der Waals surface area contributed by atoms with Crippen LogP contribution in [0.2, 0.25) is 0 Å². The molecule has 3 rings (SSSR count). The van der Waals surface area contributed by atoms with Gasteiger partial charge in [0.05, 0.1) is 11.0 Å². The number of nitrogens with zero attached hydrogens (tertiary/aromatic N) is 2. The molecule has 0 aliphatic heterocycles. The Labute approximate surface area is 126 Å². The van der Waals surface area contributed by atoms with Crippen LogP contribution in [0.4, 0.5) is 16.0 Å². The maximum atomic E-state index is 12.9. The van der Waals surface area contributed by atoms with Gasteiger partial charge in [-0.3, -0.25) is 9.36 Å². The first-order valence-corrected chi connectivity index (χ1v) is 6.85. The molecule has 1 atom stereocenters. The molecule has 1 heterocycles. The summed E-state index contributed by atoms with van der Waals surface area (Å²) < 4.78 is 14.6. The SMILES string of the molecule is CC(C(=O)Nc1ccc(F)cc1)n1c(N)nc2ccccc21. The van der Waals surface area contributed by atoms with Crippen LogP contribution >= 0.6 is 0 Å². The van der Waals surface area contributed by atoms with Crippen molar-refractivity contribution >= 4 is 28.6 Å². The molecule has 112 valence electrons. The molecule has 0 aliphatic carbocycles. The van der Waals surface area contributed by atoms with Crippen LogP contribution in [0.5, 0.6) is 0 Å². The van der Waals surface area contributed by atoms with E-state index in [4.69, 9.17) is 5.73 Å². The molecule has 1 unspecified atom stereocenters. The highest BCUT2D eigenvalue weighted by Gasteiger charge is 2.20. The van der Waals surface area contributed by atoms with Gasteiger partial charge in [0, 0.05) is 5.69 Å². The summed E-state index contributed by atoms with van der Waals surface area (Å²) in [7, 11) is 0. The number of nitrogens with two attached hydrogens (primary N) is 1. The van der Waals surface area contributed by atoms with Crippen LogP contribution in [0.25, 0.3) is 11.0 Å². The number of rotatable bonds is 3. The fourth-order valence-corrected chi connectivity index (χ4v) is 2.37. The zero-order chi connectivity index (χ0) is 15.7. The van der Waals surface area contributed by atoms with E-state index in [1.807, 2.05) is 24.3 Å². The Bertz CT molecular complexity index is 826. The van der Waals surface area contributed by atoms with Crippen molar-refractivity contribution in [2.75, 3.05) is 11.1 Å². The van der Waals surface area contributed by atoms with E-state index in [-0.39, 0.29) is 17.7 Å². The maximum absolute atomic E-state index is 12.9. The molecule has 0 spiro atoms. The van der Waals surface area contributed by atoms with Gasteiger partial charge in [-0.25, -0.2) is 9.37 Å². The fourth-order valence-electron chi connectivity index (χ4n) is 2.37. The molecular formula is C16H15FN4O. The van der Waals surface area contributed by atoms with E-state index in [9.17, 15) is 9.18 Å². The predicted octanol–water partition coefficient (Wildman–Crippen LogP) is 2.96. The van der Waals surface area contributed by atoms with Gasteiger partial charge in [0.25, 0.3) is 0 Å². The number of para-hydroxylation sites is 2. The number of anilines is 2. The number of aromatic nitrogens is 2. The normalized spacial score (nSPS) is 12.3. The van der Waals surface area contributed by atoms with E-state index in [0.717, 1.165) is 11.0 Å². The van der Waals surface area contributed by atoms with Crippen LogP contribution in [0.1, 0.15) is 13.0 Å².